The molecule has 1 N–H and O–H groups in total. The maximum absolute atomic E-state index is 12.8. The molecule has 1 aliphatic heterocycles. The van der Waals surface area contributed by atoms with Crippen LogP contribution in [0.3, 0.4) is 0 Å². The molecule has 0 bridgehead atoms. The van der Waals surface area contributed by atoms with Gasteiger partial charge in [0.1, 0.15) is 34.1 Å². The number of halogens is 1. The van der Waals surface area contributed by atoms with Crippen LogP contribution < -0.4 is 0 Å². The minimum atomic E-state index is -2.77. The number of aromatic amines is 1. The summed E-state index contributed by atoms with van der Waals surface area (Å²) < 4.78 is 32.9. The van der Waals surface area contributed by atoms with Gasteiger partial charge in [0, 0.05) is 43.5 Å². The molecule has 1 atom stereocenters. The van der Waals surface area contributed by atoms with Crippen molar-refractivity contribution in [1.29, 1.82) is 5.26 Å². The van der Waals surface area contributed by atoms with E-state index >= 15 is 0 Å². The second-order valence-corrected chi connectivity index (χ2v) is 9.18. The van der Waals surface area contributed by atoms with Crippen LogP contribution in [0.2, 0.25) is 0 Å². The summed E-state index contributed by atoms with van der Waals surface area (Å²) in [6, 6.07) is 4.09. The van der Waals surface area contributed by atoms with E-state index in [1.54, 1.807) is 21.4 Å². The van der Waals surface area contributed by atoms with Crippen LogP contribution in [-0.2, 0) is 15.5 Å². The third-order valence-corrected chi connectivity index (χ3v) is 7.40. The summed E-state index contributed by atoms with van der Waals surface area (Å²) in [6.45, 7) is -0.0629. The highest BCUT2D eigenvalue weighted by molar-refractivity contribution is 7.91. The average Bonchev–Trinajstić information content (AvgIpc) is 3.33. The number of rotatable bonds is 6. The van der Waals surface area contributed by atoms with E-state index < -0.39 is 22.1 Å². The molecule has 4 rings (SSSR count). The molecule has 0 spiro atoms. The van der Waals surface area contributed by atoms with Gasteiger partial charge in [-0.3, -0.25) is 9.07 Å². The second kappa shape index (κ2) is 6.96. The number of hydrogen-bond donors (Lipinski definition) is 1. The van der Waals surface area contributed by atoms with Gasteiger partial charge < -0.3 is 4.98 Å². The first-order valence-electron chi connectivity index (χ1n) is 8.70. The number of nitriles is 1. The van der Waals surface area contributed by atoms with Crippen molar-refractivity contribution in [2.24, 2.45) is 4.36 Å². The summed E-state index contributed by atoms with van der Waals surface area (Å²) in [5.74, 6) is -0.136. The Morgan fingerprint density at radius 2 is 2.29 bits per heavy atom. The molecule has 1 unspecified atom stereocenters. The molecule has 9 nitrogen and oxygen atoms in total. The first kappa shape index (κ1) is 18.5. The van der Waals surface area contributed by atoms with E-state index in [0.29, 0.717) is 13.1 Å². The molecule has 0 radical (unpaired) electrons. The fraction of sp³-hybridized carbons (Fsp3) is 0.412. The molecule has 0 aliphatic carbocycles. The fourth-order valence-electron chi connectivity index (χ4n) is 3.54. The lowest BCUT2D eigenvalue weighted by atomic mass is 9.89. The zero-order valence-electron chi connectivity index (χ0n) is 15.2. The zero-order chi connectivity index (χ0) is 19.8. The van der Waals surface area contributed by atoms with Crippen LogP contribution in [0, 0.1) is 11.3 Å². The number of nitrogens with one attached hydrogen (secondary N) is 1. The van der Waals surface area contributed by atoms with E-state index in [9.17, 15) is 13.9 Å². The van der Waals surface area contributed by atoms with Crippen molar-refractivity contribution >= 4 is 20.9 Å². The Hall–Kier alpha value is -2.84. The van der Waals surface area contributed by atoms with Crippen molar-refractivity contribution in [3.63, 3.8) is 0 Å². The minimum absolute atomic E-state index is 0.136. The number of hydrogen-bond acceptors (Lipinski definition) is 6. The molecule has 146 valence electrons. The molecule has 1 fully saturated rings. The van der Waals surface area contributed by atoms with Gasteiger partial charge in [-0.15, -0.1) is 0 Å². The summed E-state index contributed by atoms with van der Waals surface area (Å²) in [7, 11) is -1.34. The van der Waals surface area contributed by atoms with Gasteiger partial charge in [0.2, 0.25) is 0 Å². The Labute approximate surface area is 161 Å². The number of nitrogens with zero attached hydrogens (tertiary/aromatic N) is 7. The van der Waals surface area contributed by atoms with Crippen LogP contribution in [0.1, 0.15) is 6.42 Å². The summed E-state index contributed by atoms with van der Waals surface area (Å²) in [6.07, 6.45) is 7.01. The quantitative estimate of drug-likeness (QED) is 0.674. The normalized spacial score (nSPS) is 18.3. The van der Waals surface area contributed by atoms with Gasteiger partial charge in [-0.05, 0) is 6.07 Å². The monoisotopic (exact) mass is 402 g/mol. The van der Waals surface area contributed by atoms with Gasteiger partial charge >= 0.3 is 0 Å². The smallest absolute Gasteiger partial charge is 0.141 e. The number of H-pyrrole nitrogens is 1. The van der Waals surface area contributed by atoms with Crippen molar-refractivity contribution in [3.8, 4) is 17.3 Å². The second-order valence-electron chi connectivity index (χ2n) is 6.68. The molecule has 28 heavy (non-hydrogen) atoms. The molecule has 0 aromatic carbocycles. The van der Waals surface area contributed by atoms with Gasteiger partial charge in [0.25, 0.3) is 0 Å². The maximum Gasteiger partial charge on any atom is 0.141 e. The Morgan fingerprint density at radius 1 is 1.46 bits per heavy atom. The molecular formula is C17H19FN8OS. The summed E-state index contributed by atoms with van der Waals surface area (Å²) in [5, 5.41) is 14.7. The maximum atomic E-state index is 12.8. The Balaban J connectivity index is 1.66. The van der Waals surface area contributed by atoms with Crippen LogP contribution in [0.5, 0.6) is 0 Å². The van der Waals surface area contributed by atoms with Gasteiger partial charge in [-0.2, -0.15) is 10.4 Å². The largest absolute Gasteiger partial charge is 0.346 e. The predicted octanol–water partition coefficient (Wildman–Crippen LogP) is 1.73. The molecule has 0 amide bonds. The standard InChI is InChI=1S/C17H19FN8OS/c1-20-28(27,7-4-18)25-10-17(11-25,3-5-19)26-9-13(8-24-26)15-14-2-6-21-16(14)23-12-22-15/h2,6,8-9,12H,3-4,7,10-11H2,1H3,(H,21,22,23). The van der Waals surface area contributed by atoms with Crippen LogP contribution in [0.25, 0.3) is 22.3 Å². The zero-order valence-corrected chi connectivity index (χ0v) is 16.1. The summed E-state index contributed by atoms with van der Waals surface area (Å²) >= 11 is 0. The number of alkyl halides is 1. The average molecular weight is 402 g/mol. The summed E-state index contributed by atoms with van der Waals surface area (Å²) in [5.41, 5.74) is 1.65. The van der Waals surface area contributed by atoms with Gasteiger partial charge in [0.05, 0.1) is 30.1 Å². The molecule has 1 aliphatic rings. The first-order valence-corrected chi connectivity index (χ1v) is 10.3. The van der Waals surface area contributed by atoms with Crippen LogP contribution >= 0.6 is 0 Å². The molecule has 0 saturated carbocycles. The van der Waals surface area contributed by atoms with Gasteiger partial charge in [0.15, 0.2) is 0 Å². The Kier molecular flexibility index (Phi) is 4.60. The van der Waals surface area contributed by atoms with E-state index in [4.69, 9.17) is 0 Å². The SMILES string of the molecule is CN=S(=O)(CCF)N1CC(CC#N)(n2cc(-c3ncnc4[nH]ccc34)cn2)C1. The van der Waals surface area contributed by atoms with Crippen LogP contribution in [0.15, 0.2) is 35.3 Å². The highest BCUT2D eigenvalue weighted by Gasteiger charge is 2.49. The number of aromatic nitrogens is 5. The lowest BCUT2D eigenvalue weighted by Gasteiger charge is -2.49. The lowest BCUT2D eigenvalue weighted by Crippen LogP contribution is -2.64. The van der Waals surface area contributed by atoms with Gasteiger partial charge in [-0.1, -0.05) is 0 Å². The van der Waals surface area contributed by atoms with Crippen molar-refractivity contribution in [1.82, 2.24) is 29.0 Å². The molecule has 1 saturated heterocycles. The van der Waals surface area contributed by atoms with Crippen molar-refractivity contribution in [3.05, 3.63) is 31.0 Å². The van der Waals surface area contributed by atoms with Crippen molar-refractivity contribution in [2.45, 2.75) is 12.0 Å². The first-order chi connectivity index (χ1) is 13.5. The lowest BCUT2D eigenvalue weighted by molar-refractivity contribution is 0.0748. The molecule has 11 heteroatoms. The molecule has 3 aromatic rings. The highest BCUT2D eigenvalue weighted by Crippen LogP contribution is 2.36. The van der Waals surface area contributed by atoms with E-state index in [0.717, 1.165) is 22.3 Å². The molecule has 3 aromatic heterocycles. The van der Waals surface area contributed by atoms with E-state index in [1.165, 1.54) is 13.4 Å². The molecule has 4 heterocycles. The third kappa shape index (κ3) is 2.85. The van der Waals surface area contributed by atoms with Crippen molar-refractivity contribution in [2.75, 3.05) is 32.6 Å². The topological polar surface area (TPSA) is 116 Å². The van der Waals surface area contributed by atoms with Crippen molar-refractivity contribution < 1.29 is 8.60 Å². The Bertz CT molecular complexity index is 1160. The fourth-order valence-corrected chi connectivity index (χ4v) is 5.30. The van der Waals surface area contributed by atoms with Crippen LogP contribution in [0.4, 0.5) is 4.39 Å². The third-order valence-electron chi connectivity index (χ3n) is 5.08. The van der Waals surface area contributed by atoms with E-state index in [1.807, 2.05) is 12.3 Å². The molecular weight excluding hydrogens is 383 g/mol. The van der Waals surface area contributed by atoms with Crippen LogP contribution in [-0.4, -0.2) is 65.8 Å². The predicted molar refractivity (Wildman–Crippen MR) is 102 cm³/mol. The number of fused-ring (bicyclic) bond motifs is 1. The minimum Gasteiger partial charge on any atom is -0.346 e. The van der Waals surface area contributed by atoms with Gasteiger partial charge in [-0.25, -0.2) is 22.8 Å². The highest BCUT2D eigenvalue weighted by atomic mass is 32.2. The Morgan fingerprint density at radius 3 is 3.00 bits per heavy atom. The summed E-state index contributed by atoms with van der Waals surface area (Å²) in [4.78, 5) is 11.6. The van der Waals surface area contributed by atoms with E-state index in [-0.39, 0.29) is 12.2 Å². The van der Waals surface area contributed by atoms with E-state index in [2.05, 4.69) is 30.5 Å².